The lowest BCUT2D eigenvalue weighted by Crippen LogP contribution is -2.19. The third-order valence-corrected chi connectivity index (χ3v) is 5.72. The molecule has 32 heavy (non-hydrogen) atoms. The molecular weight excluding hydrogens is 429 g/mol. The third kappa shape index (κ3) is 5.53. The monoisotopic (exact) mass is 449 g/mol. The van der Waals surface area contributed by atoms with Gasteiger partial charge in [0.15, 0.2) is 0 Å². The minimum Gasteiger partial charge on any atom is -0.497 e. The molecule has 1 aromatic heterocycles. The van der Waals surface area contributed by atoms with Crippen LogP contribution in [0.4, 0.5) is 10.1 Å². The van der Waals surface area contributed by atoms with Crippen LogP contribution in [0.25, 0.3) is 0 Å². The fraction of sp³-hybridized carbons (Fsp3) is 0.125. The van der Waals surface area contributed by atoms with Gasteiger partial charge < -0.3 is 14.5 Å². The lowest BCUT2D eigenvalue weighted by Gasteiger charge is -2.15. The summed E-state index contributed by atoms with van der Waals surface area (Å²) < 4.78 is 24.1. The van der Waals surface area contributed by atoms with Gasteiger partial charge in [-0.25, -0.2) is 4.39 Å². The number of hydrogen-bond donors (Lipinski definition) is 1. The number of hydrogen-bond acceptors (Lipinski definition) is 6. The van der Waals surface area contributed by atoms with Crippen LogP contribution in [-0.2, 0) is 11.2 Å². The number of methoxy groups -OCH3 is 1. The van der Waals surface area contributed by atoms with Crippen LogP contribution >= 0.6 is 11.8 Å². The zero-order valence-electron chi connectivity index (χ0n) is 17.2. The van der Waals surface area contributed by atoms with Crippen molar-refractivity contribution in [2.75, 3.05) is 12.4 Å². The van der Waals surface area contributed by atoms with Crippen molar-refractivity contribution in [2.24, 2.45) is 0 Å². The molecule has 0 radical (unpaired) electrons. The van der Waals surface area contributed by atoms with E-state index in [9.17, 15) is 9.18 Å². The molecule has 1 atom stereocenters. The van der Waals surface area contributed by atoms with Crippen molar-refractivity contribution in [1.82, 2.24) is 10.2 Å². The Morgan fingerprint density at radius 1 is 1.03 bits per heavy atom. The molecule has 8 heteroatoms. The number of nitrogens with zero attached hydrogens (tertiary/aromatic N) is 2. The molecule has 0 spiro atoms. The zero-order chi connectivity index (χ0) is 22.3. The van der Waals surface area contributed by atoms with Crippen molar-refractivity contribution in [3.05, 3.63) is 102 Å². The van der Waals surface area contributed by atoms with E-state index in [1.54, 1.807) is 7.11 Å². The van der Waals surface area contributed by atoms with E-state index in [0.29, 0.717) is 18.0 Å². The number of rotatable bonds is 8. The van der Waals surface area contributed by atoms with Crippen molar-refractivity contribution in [2.45, 2.75) is 16.9 Å². The molecule has 0 aliphatic carbocycles. The van der Waals surface area contributed by atoms with Crippen molar-refractivity contribution in [1.29, 1.82) is 0 Å². The summed E-state index contributed by atoms with van der Waals surface area (Å²) in [6, 6.07) is 22.5. The second-order valence-corrected chi connectivity index (χ2v) is 7.95. The smallest absolute Gasteiger partial charge is 0.277 e. The Hall–Kier alpha value is -3.65. The summed E-state index contributed by atoms with van der Waals surface area (Å²) in [4.78, 5) is 13.0. The van der Waals surface area contributed by atoms with Crippen LogP contribution in [-0.4, -0.2) is 23.2 Å². The minimum absolute atomic E-state index is 0.275. The maximum atomic E-state index is 13.2. The van der Waals surface area contributed by atoms with E-state index >= 15 is 0 Å². The standard InChI is InChI=1S/C24H20FN3O3S/c1-30-20-13-7-16(8-14-20)15-21-27-28-24(31-21)32-22(17-5-3-2-4-6-17)23(29)26-19-11-9-18(25)10-12-19/h2-14,22H,15H2,1H3,(H,26,29). The molecule has 0 fully saturated rings. The number of amides is 1. The number of thioether (sulfide) groups is 1. The Labute approximate surface area is 188 Å². The van der Waals surface area contributed by atoms with Crippen LogP contribution in [0.2, 0.25) is 0 Å². The average molecular weight is 450 g/mol. The Bertz CT molecular complexity index is 1170. The highest BCUT2D eigenvalue weighted by Gasteiger charge is 2.25. The first-order valence-electron chi connectivity index (χ1n) is 9.84. The van der Waals surface area contributed by atoms with E-state index in [-0.39, 0.29) is 16.9 Å². The summed E-state index contributed by atoms with van der Waals surface area (Å²) in [5, 5.41) is 10.7. The molecule has 4 rings (SSSR count). The number of nitrogens with one attached hydrogen (secondary N) is 1. The fourth-order valence-corrected chi connectivity index (χ4v) is 3.91. The number of carbonyl (C=O) groups is 1. The molecule has 3 aromatic carbocycles. The van der Waals surface area contributed by atoms with E-state index in [2.05, 4.69) is 15.5 Å². The van der Waals surface area contributed by atoms with Gasteiger partial charge in [0, 0.05) is 5.69 Å². The quantitative estimate of drug-likeness (QED) is 0.369. The predicted octanol–water partition coefficient (Wildman–Crippen LogP) is 5.28. The first-order valence-corrected chi connectivity index (χ1v) is 10.7. The molecule has 6 nitrogen and oxygen atoms in total. The van der Waals surface area contributed by atoms with Crippen LogP contribution in [0.5, 0.6) is 5.75 Å². The molecule has 4 aromatic rings. The van der Waals surface area contributed by atoms with Crippen molar-refractivity contribution >= 4 is 23.4 Å². The van der Waals surface area contributed by atoms with Gasteiger partial charge in [-0.3, -0.25) is 4.79 Å². The number of ether oxygens (including phenoxy) is 1. The van der Waals surface area contributed by atoms with Crippen molar-refractivity contribution in [3.8, 4) is 5.75 Å². The summed E-state index contributed by atoms with van der Waals surface area (Å²) in [5.74, 6) is 0.576. The summed E-state index contributed by atoms with van der Waals surface area (Å²) in [6.45, 7) is 0. The van der Waals surface area contributed by atoms with Crippen LogP contribution < -0.4 is 10.1 Å². The number of aromatic nitrogens is 2. The van der Waals surface area contributed by atoms with Crippen molar-refractivity contribution < 1.29 is 18.3 Å². The molecule has 162 valence electrons. The van der Waals surface area contributed by atoms with Gasteiger partial charge in [-0.15, -0.1) is 10.2 Å². The highest BCUT2D eigenvalue weighted by Crippen LogP contribution is 2.35. The van der Waals surface area contributed by atoms with Crippen LogP contribution in [0.3, 0.4) is 0 Å². The van der Waals surface area contributed by atoms with Crippen LogP contribution in [0.1, 0.15) is 22.3 Å². The normalized spacial score (nSPS) is 11.7. The number of benzene rings is 3. The first kappa shape index (κ1) is 21.6. The highest BCUT2D eigenvalue weighted by atomic mass is 32.2. The van der Waals surface area contributed by atoms with Gasteiger partial charge in [0.25, 0.3) is 5.22 Å². The number of carbonyl (C=O) groups excluding carboxylic acids is 1. The van der Waals surface area contributed by atoms with Gasteiger partial charge in [0.1, 0.15) is 16.8 Å². The van der Waals surface area contributed by atoms with Gasteiger partial charge in [-0.2, -0.15) is 0 Å². The highest BCUT2D eigenvalue weighted by molar-refractivity contribution is 8.00. The SMILES string of the molecule is COc1ccc(Cc2nnc(SC(C(=O)Nc3ccc(F)cc3)c3ccccc3)o2)cc1. The molecule has 1 N–H and O–H groups in total. The van der Waals surface area contributed by atoms with E-state index < -0.39 is 5.25 Å². The average Bonchev–Trinajstić information content (AvgIpc) is 3.27. The lowest BCUT2D eigenvalue weighted by atomic mass is 10.1. The summed E-state index contributed by atoms with van der Waals surface area (Å²) >= 11 is 1.16. The molecule has 0 aliphatic heterocycles. The molecule has 0 saturated carbocycles. The summed E-state index contributed by atoms with van der Waals surface area (Å²) in [5.41, 5.74) is 2.29. The zero-order valence-corrected chi connectivity index (χ0v) is 18.0. The van der Waals surface area contributed by atoms with Crippen LogP contribution in [0, 0.1) is 5.82 Å². The fourth-order valence-electron chi connectivity index (χ4n) is 3.02. The topological polar surface area (TPSA) is 77.2 Å². The molecule has 0 saturated heterocycles. The van der Waals surface area contributed by atoms with Gasteiger partial charge in [-0.05, 0) is 59.3 Å². The number of anilines is 1. The minimum atomic E-state index is -0.629. The van der Waals surface area contributed by atoms with E-state index in [1.807, 2.05) is 54.6 Å². The Morgan fingerprint density at radius 3 is 2.44 bits per heavy atom. The molecular formula is C24H20FN3O3S. The maximum absolute atomic E-state index is 13.2. The Kier molecular flexibility index (Phi) is 6.81. The first-order chi connectivity index (χ1) is 15.6. The second-order valence-electron chi connectivity index (χ2n) is 6.89. The molecule has 1 unspecified atom stereocenters. The van der Waals surface area contributed by atoms with Gasteiger partial charge in [0.05, 0.1) is 13.5 Å². The van der Waals surface area contributed by atoms with Gasteiger partial charge in [-0.1, -0.05) is 42.5 Å². The van der Waals surface area contributed by atoms with E-state index in [1.165, 1.54) is 24.3 Å². The Balaban J connectivity index is 1.49. The number of halogens is 1. The summed E-state index contributed by atoms with van der Waals surface area (Å²) in [7, 11) is 1.62. The molecule has 1 heterocycles. The third-order valence-electron chi connectivity index (χ3n) is 4.63. The lowest BCUT2D eigenvalue weighted by molar-refractivity contribution is -0.115. The summed E-state index contributed by atoms with van der Waals surface area (Å²) in [6.07, 6.45) is 0.468. The Morgan fingerprint density at radius 2 is 1.75 bits per heavy atom. The van der Waals surface area contributed by atoms with Crippen molar-refractivity contribution in [3.63, 3.8) is 0 Å². The van der Waals surface area contributed by atoms with E-state index in [0.717, 1.165) is 28.6 Å². The van der Waals surface area contributed by atoms with Crippen LogP contribution in [0.15, 0.2) is 88.5 Å². The predicted molar refractivity (Wildman–Crippen MR) is 120 cm³/mol. The van der Waals surface area contributed by atoms with Gasteiger partial charge >= 0.3 is 0 Å². The van der Waals surface area contributed by atoms with E-state index in [4.69, 9.17) is 9.15 Å². The maximum Gasteiger partial charge on any atom is 0.277 e. The van der Waals surface area contributed by atoms with Gasteiger partial charge in [0.2, 0.25) is 11.8 Å². The largest absolute Gasteiger partial charge is 0.497 e. The second kappa shape index (κ2) is 10.1. The molecule has 0 bridgehead atoms. The molecule has 0 aliphatic rings. The molecule has 1 amide bonds.